The third kappa shape index (κ3) is 5.37. The maximum atomic E-state index is 13.1. The molecular weight excluding hydrogens is 367 g/mol. The first-order valence-corrected chi connectivity index (χ1v) is 10.2. The van der Waals surface area contributed by atoms with E-state index in [0.717, 1.165) is 22.3 Å². The highest BCUT2D eigenvalue weighted by Gasteiger charge is 2.21. The van der Waals surface area contributed by atoms with Crippen LogP contribution in [0.3, 0.4) is 0 Å². The fraction of sp³-hybridized carbons (Fsp3) is 0.350. The number of hydrogen-bond acceptors (Lipinski definition) is 3. The number of nitrogens with one attached hydrogen (secondary N) is 2. The van der Waals surface area contributed by atoms with Gasteiger partial charge in [0.15, 0.2) is 0 Å². The molecule has 146 valence electrons. The maximum absolute atomic E-state index is 13.1. The Bertz CT molecular complexity index is 930. The second kappa shape index (κ2) is 8.63. The molecule has 1 amide bonds. The minimum absolute atomic E-state index is 0.0415. The third-order valence-electron chi connectivity index (χ3n) is 4.56. The zero-order chi connectivity index (χ0) is 20.2. The van der Waals surface area contributed by atoms with Crippen LogP contribution in [-0.2, 0) is 21.2 Å². The number of carbonyl (C=O) groups excluding carboxylic acids is 1. The minimum Gasteiger partial charge on any atom is -0.355 e. The molecule has 0 saturated heterocycles. The van der Waals surface area contributed by atoms with Gasteiger partial charge in [0.1, 0.15) is 5.82 Å². The van der Waals surface area contributed by atoms with Crippen LogP contribution in [-0.4, -0.2) is 27.4 Å². The van der Waals surface area contributed by atoms with Crippen molar-refractivity contribution in [2.75, 3.05) is 13.1 Å². The van der Waals surface area contributed by atoms with Gasteiger partial charge < -0.3 is 5.32 Å². The molecule has 2 N–H and O–H groups in total. The first-order chi connectivity index (χ1) is 12.6. The summed E-state index contributed by atoms with van der Waals surface area (Å²) in [5.41, 5.74) is 3.85. The lowest BCUT2D eigenvalue weighted by Crippen LogP contribution is -2.35. The Hall–Kier alpha value is -2.25. The van der Waals surface area contributed by atoms with Crippen molar-refractivity contribution in [3.05, 3.63) is 64.0 Å². The summed E-state index contributed by atoms with van der Waals surface area (Å²) in [5, 5.41) is 2.64. The smallest absolute Gasteiger partial charge is 0.241 e. The van der Waals surface area contributed by atoms with Gasteiger partial charge in [-0.25, -0.2) is 17.5 Å². The van der Waals surface area contributed by atoms with Gasteiger partial charge in [-0.1, -0.05) is 18.2 Å². The summed E-state index contributed by atoms with van der Waals surface area (Å²) in [6.45, 7) is 7.56. The Balaban J connectivity index is 1.94. The summed E-state index contributed by atoms with van der Waals surface area (Å²) in [6, 6.07) is 7.79. The molecule has 0 atom stereocenters. The fourth-order valence-electron chi connectivity index (χ4n) is 2.94. The lowest BCUT2D eigenvalue weighted by Gasteiger charge is -2.16. The Morgan fingerprint density at radius 2 is 1.63 bits per heavy atom. The zero-order valence-electron chi connectivity index (χ0n) is 16.0. The molecule has 0 radical (unpaired) electrons. The monoisotopic (exact) mass is 392 g/mol. The standard InChI is InChI=1S/C20H25FN2O3S/c1-13-10-14(2)16(4)20(15(13)3)27(25,26)23-9-8-22-19(24)12-17-6-5-7-18(21)11-17/h5-7,10-11,23H,8-9,12H2,1-4H3,(H,22,24). The first-order valence-electron chi connectivity index (χ1n) is 8.70. The summed E-state index contributed by atoms with van der Waals surface area (Å²) >= 11 is 0. The van der Waals surface area contributed by atoms with E-state index in [2.05, 4.69) is 10.0 Å². The van der Waals surface area contributed by atoms with Gasteiger partial charge in [-0.2, -0.15) is 0 Å². The van der Waals surface area contributed by atoms with E-state index in [0.29, 0.717) is 10.5 Å². The van der Waals surface area contributed by atoms with E-state index in [-0.39, 0.29) is 25.4 Å². The number of sulfonamides is 1. The zero-order valence-corrected chi connectivity index (χ0v) is 16.8. The second-order valence-corrected chi connectivity index (χ2v) is 8.35. The quantitative estimate of drug-likeness (QED) is 0.712. The van der Waals surface area contributed by atoms with Gasteiger partial charge in [0.25, 0.3) is 0 Å². The number of aryl methyl sites for hydroxylation is 2. The fourth-order valence-corrected chi connectivity index (χ4v) is 4.58. The minimum atomic E-state index is -3.68. The predicted octanol–water partition coefficient (Wildman–Crippen LogP) is 2.70. The Morgan fingerprint density at radius 1 is 1.00 bits per heavy atom. The van der Waals surface area contributed by atoms with Crippen LogP contribution in [0.4, 0.5) is 4.39 Å². The highest BCUT2D eigenvalue weighted by molar-refractivity contribution is 7.89. The van der Waals surface area contributed by atoms with Crippen LogP contribution in [0.15, 0.2) is 35.2 Å². The van der Waals surface area contributed by atoms with E-state index in [4.69, 9.17) is 0 Å². The van der Waals surface area contributed by atoms with Crippen molar-refractivity contribution in [3.63, 3.8) is 0 Å². The Labute approximate surface area is 160 Å². The van der Waals surface area contributed by atoms with Crippen LogP contribution in [0.5, 0.6) is 0 Å². The molecule has 0 saturated carbocycles. The van der Waals surface area contributed by atoms with E-state index in [1.807, 2.05) is 19.9 Å². The van der Waals surface area contributed by atoms with Crippen molar-refractivity contribution in [1.82, 2.24) is 10.0 Å². The molecule has 2 aromatic rings. The number of carbonyl (C=O) groups is 1. The third-order valence-corrected chi connectivity index (χ3v) is 6.29. The van der Waals surface area contributed by atoms with Crippen LogP contribution >= 0.6 is 0 Å². The molecule has 0 fully saturated rings. The number of benzene rings is 2. The molecule has 0 unspecified atom stereocenters. The Morgan fingerprint density at radius 3 is 2.22 bits per heavy atom. The first kappa shape index (κ1) is 21.1. The van der Waals surface area contributed by atoms with Crippen LogP contribution in [0, 0.1) is 33.5 Å². The molecule has 0 aliphatic heterocycles. The summed E-state index contributed by atoms with van der Waals surface area (Å²) in [6.07, 6.45) is 0.0415. The van der Waals surface area contributed by atoms with E-state index in [9.17, 15) is 17.6 Å². The van der Waals surface area contributed by atoms with Gasteiger partial charge >= 0.3 is 0 Å². The van der Waals surface area contributed by atoms with Gasteiger partial charge in [-0.3, -0.25) is 4.79 Å². The van der Waals surface area contributed by atoms with E-state index < -0.39 is 15.8 Å². The average Bonchev–Trinajstić information content (AvgIpc) is 2.57. The molecule has 0 spiro atoms. The maximum Gasteiger partial charge on any atom is 0.241 e. The van der Waals surface area contributed by atoms with Gasteiger partial charge in [0.05, 0.1) is 11.3 Å². The number of hydrogen-bond donors (Lipinski definition) is 2. The predicted molar refractivity (Wildman–Crippen MR) is 104 cm³/mol. The van der Waals surface area contributed by atoms with Crippen molar-refractivity contribution < 1.29 is 17.6 Å². The lowest BCUT2D eigenvalue weighted by molar-refractivity contribution is -0.120. The van der Waals surface area contributed by atoms with E-state index in [1.54, 1.807) is 26.0 Å². The summed E-state index contributed by atoms with van der Waals surface area (Å²) in [7, 11) is -3.68. The molecule has 0 aromatic heterocycles. The summed E-state index contributed by atoms with van der Waals surface area (Å²) in [5.74, 6) is -0.689. The van der Waals surface area contributed by atoms with Gasteiger partial charge in [-0.15, -0.1) is 0 Å². The van der Waals surface area contributed by atoms with Crippen molar-refractivity contribution in [2.45, 2.75) is 39.0 Å². The molecule has 0 heterocycles. The molecule has 0 aliphatic rings. The van der Waals surface area contributed by atoms with Crippen molar-refractivity contribution in [3.8, 4) is 0 Å². The normalized spacial score (nSPS) is 11.4. The molecule has 0 aliphatic carbocycles. The number of halogens is 1. The highest BCUT2D eigenvalue weighted by Crippen LogP contribution is 2.25. The van der Waals surface area contributed by atoms with E-state index >= 15 is 0 Å². The van der Waals surface area contributed by atoms with Crippen LogP contribution in [0.2, 0.25) is 0 Å². The summed E-state index contributed by atoms with van der Waals surface area (Å²) < 4.78 is 41.0. The molecule has 5 nitrogen and oxygen atoms in total. The van der Waals surface area contributed by atoms with E-state index in [1.165, 1.54) is 12.1 Å². The molecule has 7 heteroatoms. The molecule has 27 heavy (non-hydrogen) atoms. The van der Waals surface area contributed by atoms with Crippen LogP contribution < -0.4 is 10.0 Å². The van der Waals surface area contributed by atoms with Crippen molar-refractivity contribution in [1.29, 1.82) is 0 Å². The highest BCUT2D eigenvalue weighted by atomic mass is 32.2. The van der Waals surface area contributed by atoms with Crippen LogP contribution in [0.25, 0.3) is 0 Å². The lowest BCUT2D eigenvalue weighted by atomic mass is 10.0. The molecular formula is C20H25FN2O3S. The number of rotatable bonds is 7. The topological polar surface area (TPSA) is 75.3 Å². The Kier molecular flexibility index (Phi) is 6.73. The van der Waals surface area contributed by atoms with Gasteiger partial charge in [-0.05, 0) is 67.6 Å². The molecule has 0 bridgehead atoms. The molecule has 2 rings (SSSR count). The molecule has 2 aromatic carbocycles. The van der Waals surface area contributed by atoms with Gasteiger partial charge in [0.2, 0.25) is 15.9 Å². The van der Waals surface area contributed by atoms with Crippen LogP contribution in [0.1, 0.15) is 27.8 Å². The largest absolute Gasteiger partial charge is 0.355 e. The average molecular weight is 392 g/mol. The second-order valence-electron chi connectivity index (χ2n) is 6.64. The summed E-state index contributed by atoms with van der Waals surface area (Å²) in [4.78, 5) is 12.2. The van der Waals surface area contributed by atoms with Crippen molar-refractivity contribution in [2.24, 2.45) is 0 Å². The number of amides is 1. The van der Waals surface area contributed by atoms with Gasteiger partial charge in [0, 0.05) is 13.1 Å². The van der Waals surface area contributed by atoms with Crippen molar-refractivity contribution >= 4 is 15.9 Å². The SMILES string of the molecule is Cc1cc(C)c(C)c(S(=O)(=O)NCCNC(=O)Cc2cccc(F)c2)c1C.